The Kier molecular flexibility index (Phi) is 3.47. The normalized spacial score (nSPS) is 39.1. The number of hydrogen-bond donors (Lipinski definition) is 7. The van der Waals surface area contributed by atoms with Gasteiger partial charge in [0, 0.05) is 0 Å². The minimum Gasteiger partial charge on any atom is -0.453 e. The van der Waals surface area contributed by atoms with Crippen molar-refractivity contribution in [2.45, 2.75) is 55.8 Å². The summed E-state index contributed by atoms with van der Waals surface area (Å²) in [7, 11) is 0. The molecule has 3 heterocycles. The van der Waals surface area contributed by atoms with E-state index in [2.05, 4.69) is 15.6 Å². The Morgan fingerprint density at radius 2 is 2.12 bits per heavy atom. The quantitative estimate of drug-likeness (QED) is 0.148. The molecule has 0 radical (unpaired) electrons. The Bertz CT molecular complexity index is 717. The summed E-state index contributed by atoms with van der Waals surface area (Å²) in [5.74, 6) is -2.90. The number of nitrogens with one attached hydrogen (secondary N) is 2. The highest BCUT2D eigenvalue weighted by Crippen LogP contribution is 2.45. The fourth-order valence-electron chi connectivity index (χ4n) is 4.43. The number of esters is 1. The molecule has 0 amide bonds. The molecule has 4 rings (SSSR count). The van der Waals surface area contributed by atoms with E-state index in [-0.39, 0.29) is 25.1 Å². The van der Waals surface area contributed by atoms with Crippen LogP contribution in [0, 0.1) is 5.41 Å². The van der Waals surface area contributed by atoms with E-state index < -0.39 is 41.0 Å². The first-order valence-corrected chi connectivity index (χ1v) is 8.70. The molecule has 4 aliphatic rings. The van der Waals surface area contributed by atoms with Crippen molar-refractivity contribution in [1.29, 1.82) is 0 Å². The second-order valence-electron chi connectivity index (χ2n) is 7.81. The van der Waals surface area contributed by atoms with Crippen LogP contribution >= 0.6 is 0 Å². The number of aliphatic imine (C=N–C) groups is 1. The minimum absolute atomic E-state index is 0.0136. The molecule has 11 heteroatoms. The zero-order chi connectivity index (χ0) is 18.9. The SMILES string of the molecule is CC1(C(=O)O[C@H]2C[N+]3=C(N)N[C@@H](CO)[C@@H]4N=C(N)N[C@@]43C2(O)O)CCC1. The fourth-order valence-corrected chi connectivity index (χ4v) is 4.43. The molecule has 4 atom stereocenters. The third kappa shape index (κ3) is 1.96. The first kappa shape index (κ1) is 17.3. The fraction of sp³-hybridized carbons (Fsp3) is 0.800. The maximum Gasteiger partial charge on any atom is 0.346 e. The lowest BCUT2D eigenvalue weighted by Gasteiger charge is -2.43. The van der Waals surface area contributed by atoms with Crippen LogP contribution < -0.4 is 22.1 Å². The molecule has 26 heavy (non-hydrogen) atoms. The Balaban J connectivity index is 1.71. The number of carbonyl (C=O) groups excluding carboxylic acids is 1. The van der Waals surface area contributed by atoms with Gasteiger partial charge in [-0.25, -0.2) is 9.57 Å². The maximum absolute atomic E-state index is 12.5. The van der Waals surface area contributed by atoms with Crippen molar-refractivity contribution in [2.75, 3.05) is 13.2 Å². The summed E-state index contributed by atoms with van der Waals surface area (Å²) in [6.07, 6.45) is 1.08. The van der Waals surface area contributed by atoms with Crippen LogP contribution in [0.15, 0.2) is 4.99 Å². The summed E-state index contributed by atoms with van der Waals surface area (Å²) in [5.41, 5.74) is 9.61. The van der Waals surface area contributed by atoms with Crippen LogP contribution in [0.3, 0.4) is 0 Å². The summed E-state index contributed by atoms with van der Waals surface area (Å²) < 4.78 is 6.96. The van der Waals surface area contributed by atoms with Gasteiger partial charge in [-0.15, -0.1) is 0 Å². The summed E-state index contributed by atoms with van der Waals surface area (Å²) in [6.45, 7) is 1.40. The Morgan fingerprint density at radius 1 is 1.42 bits per heavy atom. The van der Waals surface area contributed by atoms with Gasteiger partial charge in [0.05, 0.1) is 12.0 Å². The Labute approximate surface area is 149 Å². The molecular formula is C15H25N6O5+. The van der Waals surface area contributed by atoms with Crippen LogP contribution in [0.5, 0.6) is 0 Å². The van der Waals surface area contributed by atoms with Crippen molar-refractivity contribution in [2.24, 2.45) is 21.9 Å². The van der Waals surface area contributed by atoms with Crippen molar-refractivity contribution in [1.82, 2.24) is 10.6 Å². The summed E-state index contributed by atoms with van der Waals surface area (Å²) in [4.78, 5) is 16.7. The average Bonchev–Trinajstić information content (AvgIpc) is 3.01. The van der Waals surface area contributed by atoms with Gasteiger partial charge in [0.15, 0.2) is 18.1 Å². The molecule has 144 valence electrons. The average molecular weight is 369 g/mol. The number of aliphatic hydroxyl groups excluding tert-OH is 1. The summed E-state index contributed by atoms with van der Waals surface area (Å²) in [6, 6.07) is -1.53. The molecule has 3 aliphatic heterocycles. The predicted molar refractivity (Wildman–Crippen MR) is 88.6 cm³/mol. The van der Waals surface area contributed by atoms with E-state index in [1.165, 1.54) is 4.58 Å². The topological polar surface area (TPSA) is 178 Å². The van der Waals surface area contributed by atoms with E-state index in [9.17, 15) is 20.1 Å². The number of ether oxygens (including phenoxy) is 1. The van der Waals surface area contributed by atoms with Gasteiger partial charge >= 0.3 is 11.9 Å². The lowest BCUT2D eigenvalue weighted by Crippen LogP contribution is -2.78. The van der Waals surface area contributed by atoms with Gasteiger partial charge in [-0.3, -0.25) is 15.8 Å². The molecule has 9 N–H and O–H groups in total. The van der Waals surface area contributed by atoms with E-state index in [1.807, 2.05) is 0 Å². The number of nitrogens with zero attached hydrogens (tertiary/aromatic N) is 2. The van der Waals surface area contributed by atoms with E-state index in [0.29, 0.717) is 12.8 Å². The molecule has 0 unspecified atom stereocenters. The largest absolute Gasteiger partial charge is 0.453 e. The van der Waals surface area contributed by atoms with Gasteiger partial charge in [-0.2, -0.15) is 0 Å². The van der Waals surface area contributed by atoms with Gasteiger partial charge < -0.3 is 31.1 Å². The number of hydrogen-bond acceptors (Lipinski definition) is 10. The third-order valence-corrected chi connectivity index (χ3v) is 6.21. The molecule has 1 saturated heterocycles. The van der Waals surface area contributed by atoms with Crippen LogP contribution in [0.2, 0.25) is 0 Å². The van der Waals surface area contributed by atoms with Crippen LogP contribution in [0.4, 0.5) is 0 Å². The Morgan fingerprint density at radius 3 is 2.69 bits per heavy atom. The number of aliphatic hydroxyl groups is 3. The molecule has 11 nitrogen and oxygen atoms in total. The van der Waals surface area contributed by atoms with E-state index in [1.54, 1.807) is 6.92 Å². The van der Waals surface area contributed by atoms with Crippen molar-refractivity contribution >= 4 is 17.9 Å². The standard InChI is InChI=1S/C15H24N6O5/c1-13(3-2-4-13)10(23)26-8-5-21-12(17)18-7(6-22)9-14(21,15(8,24)25)20-11(16)19-9/h7-9,22,24-25H,2-6H2,1H3,(H5,16,17,18,19,20)/p+1/t7-,8-,9-,14-/m0/s1. The molecule has 0 aromatic rings. The lowest BCUT2D eigenvalue weighted by molar-refractivity contribution is -0.623. The van der Waals surface area contributed by atoms with E-state index in [0.717, 1.165) is 6.42 Å². The highest BCUT2D eigenvalue weighted by Gasteiger charge is 2.76. The molecule has 0 aromatic heterocycles. The maximum atomic E-state index is 12.5. The zero-order valence-corrected chi connectivity index (χ0v) is 14.5. The van der Waals surface area contributed by atoms with Gasteiger partial charge in [-0.1, -0.05) is 6.42 Å². The van der Waals surface area contributed by atoms with E-state index >= 15 is 0 Å². The molecule has 1 saturated carbocycles. The molecular weight excluding hydrogens is 344 g/mol. The van der Waals surface area contributed by atoms with Gasteiger partial charge in [-0.05, 0) is 19.8 Å². The van der Waals surface area contributed by atoms with Crippen molar-refractivity contribution < 1.29 is 29.4 Å². The molecule has 0 aromatic carbocycles. The van der Waals surface area contributed by atoms with Crippen molar-refractivity contribution in [3.63, 3.8) is 0 Å². The number of guanidine groups is 2. The van der Waals surface area contributed by atoms with Crippen LogP contribution in [0.25, 0.3) is 0 Å². The minimum atomic E-state index is -2.53. The lowest BCUT2D eigenvalue weighted by atomic mass is 9.70. The van der Waals surface area contributed by atoms with Gasteiger partial charge in [0.2, 0.25) is 5.66 Å². The number of carbonyl (C=O) groups is 1. The number of rotatable bonds is 3. The van der Waals surface area contributed by atoms with Crippen LogP contribution in [-0.4, -0.2) is 80.6 Å². The summed E-state index contributed by atoms with van der Waals surface area (Å²) >= 11 is 0. The van der Waals surface area contributed by atoms with Crippen LogP contribution in [-0.2, 0) is 9.53 Å². The smallest absolute Gasteiger partial charge is 0.346 e. The molecule has 1 aliphatic carbocycles. The van der Waals surface area contributed by atoms with Crippen LogP contribution in [0.1, 0.15) is 26.2 Å². The monoisotopic (exact) mass is 369 g/mol. The second-order valence-corrected chi connectivity index (χ2v) is 7.81. The predicted octanol–water partition coefficient (Wildman–Crippen LogP) is -3.94. The van der Waals surface area contributed by atoms with E-state index in [4.69, 9.17) is 16.2 Å². The number of nitrogens with two attached hydrogens (primary N) is 2. The Hall–Kier alpha value is -2.11. The van der Waals surface area contributed by atoms with Crippen molar-refractivity contribution in [3.8, 4) is 0 Å². The summed E-state index contributed by atoms with van der Waals surface area (Å²) in [5, 5.41) is 37.4. The third-order valence-electron chi connectivity index (χ3n) is 6.21. The van der Waals surface area contributed by atoms with Gasteiger partial charge in [0.1, 0.15) is 12.6 Å². The molecule has 2 fully saturated rings. The highest BCUT2D eigenvalue weighted by atomic mass is 16.6. The van der Waals surface area contributed by atoms with Crippen molar-refractivity contribution in [3.05, 3.63) is 0 Å². The second kappa shape index (κ2) is 5.21. The molecule has 0 bridgehead atoms. The first-order chi connectivity index (χ1) is 12.2. The zero-order valence-electron chi connectivity index (χ0n) is 14.5. The first-order valence-electron chi connectivity index (χ1n) is 8.70. The molecule has 1 spiro atoms. The highest BCUT2D eigenvalue weighted by molar-refractivity contribution is 5.83. The van der Waals surface area contributed by atoms with Gasteiger partial charge in [0.25, 0.3) is 5.79 Å².